The van der Waals surface area contributed by atoms with Gasteiger partial charge in [0.25, 0.3) is 0 Å². The number of benzene rings is 5. The molecule has 0 aliphatic rings. The van der Waals surface area contributed by atoms with Gasteiger partial charge in [0.05, 0.1) is 22.4 Å². The molecule has 0 bridgehead atoms. The summed E-state index contributed by atoms with van der Waals surface area (Å²) in [4.78, 5) is 11.0. The van der Waals surface area contributed by atoms with Gasteiger partial charge in [-0.1, -0.05) is 97.1 Å². The van der Waals surface area contributed by atoms with Crippen LogP contribution in [0.5, 0.6) is 0 Å². The van der Waals surface area contributed by atoms with Crippen LogP contribution < -0.4 is 0 Å². The molecule has 44 heavy (non-hydrogen) atoms. The number of pyridine rings is 2. The lowest BCUT2D eigenvalue weighted by atomic mass is 9.90. The standard InChI is InChI=1S/C42H36N2/c1-25-17-19-27(3)39(29(25)5)37-23-35(31-13-9-7-10-14-31)33-21-22-34-36(32-15-11-8-12-16-32)24-38(44-42(34)41(33)43-37)40-28(4)20-18-26(2)30(40)6/h7-24H,1-6H3. The number of rotatable bonds is 4. The highest BCUT2D eigenvalue weighted by Crippen LogP contribution is 2.41. The maximum Gasteiger partial charge on any atom is 0.0978 e. The van der Waals surface area contributed by atoms with Crippen molar-refractivity contribution in [3.05, 3.63) is 143 Å². The largest absolute Gasteiger partial charge is 0.245 e. The zero-order valence-electron chi connectivity index (χ0n) is 26.3. The van der Waals surface area contributed by atoms with Gasteiger partial charge in [-0.2, -0.15) is 0 Å². The minimum atomic E-state index is 0.932. The fraction of sp³-hybridized carbons (Fsp3) is 0.143. The van der Waals surface area contributed by atoms with E-state index >= 15 is 0 Å². The van der Waals surface area contributed by atoms with Crippen LogP contribution in [0, 0.1) is 41.5 Å². The fourth-order valence-corrected chi connectivity index (χ4v) is 6.64. The van der Waals surface area contributed by atoms with Gasteiger partial charge in [0.15, 0.2) is 0 Å². The summed E-state index contributed by atoms with van der Waals surface area (Å²) in [5.74, 6) is 0. The number of hydrogen-bond donors (Lipinski definition) is 0. The normalized spacial score (nSPS) is 11.4. The van der Waals surface area contributed by atoms with Crippen molar-refractivity contribution in [3.8, 4) is 44.8 Å². The lowest BCUT2D eigenvalue weighted by Crippen LogP contribution is -1.99. The summed E-state index contributed by atoms with van der Waals surface area (Å²) in [7, 11) is 0. The molecule has 0 saturated heterocycles. The van der Waals surface area contributed by atoms with E-state index < -0.39 is 0 Å². The maximum atomic E-state index is 5.49. The van der Waals surface area contributed by atoms with Crippen molar-refractivity contribution >= 4 is 21.8 Å². The number of hydrogen-bond acceptors (Lipinski definition) is 2. The Labute approximate surface area is 260 Å². The molecule has 0 fully saturated rings. The molecule has 0 radical (unpaired) electrons. The van der Waals surface area contributed by atoms with Crippen molar-refractivity contribution in [1.29, 1.82) is 0 Å². The van der Waals surface area contributed by atoms with E-state index in [2.05, 4.69) is 151 Å². The van der Waals surface area contributed by atoms with Gasteiger partial charge in [-0.25, -0.2) is 9.97 Å². The van der Waals surface area contributed by atoms with Gasteiger partial charge in [0.2, 0.25) is 0 Å². The first kappa shape index (κ1) is 27.7. The molecular formula is C42H36N2. The SMILES string of the molecule is Cc1ccc(C)c(-c2cc(-c3ccccc3)c3ccc4c(-c5ccccc5)cc(-c5c(C)ccc(C)c5C)nc4c3n2)c1C. The molecule has 0 atom stereocenters. The van der Waals surface area contributed by atoms with Gasteiger partial charge >= 0.3 is 0 Å². The van der Waals surface area contributed by atoms with Crippen molar-refractivity contribution < 1.29 is 0 Å². The first-order valence-corrected chi connectivity index (χ1v) is 15.4. The third kappa shape index (κ3) is 4.59. The fourth-order valence-electron chi connectivity index (χ4n) is 6.64. The van der Waals surface area contributed by atoms with Gasteiger partial charge in [0.1, 0.15) is 0 Å². The molecule has 2 nitrogen and oxygen atoms in total. The molecule has 0 unspecified atom stereocenters. The molecule has 0 N–H and O–H groups in total. The first-order chi connectivity index (χ1) is 21.3. The molecule has 0 spiro atoms. The average Bonchev–Trinajstić information content (AvgIpc) is 3.05. The number of aryl methyl sites for hydroxylation is 4. The summed E-state index contributed by atoms with van der Waals surface area (Å²) in [6.07, 6.45) is 0. The molecule has 0 aliphatic carbocycles. The second-order valence-electron chi connectivity index (χ2n) is 12.1. The summed E-state index contributed by atoms with van der Waals surface area (Å²) in [5.41, 5.74) is 18.4. The summed E-state index contributed by atoms with van der Waals surface area (Å²) in [6, 6.07) is 39.2. The van der Waals surface area contributed by atoms with Crippen LogP contribution in [0.2, 0.25) is 0 Å². The van der Waals surface area contributed by atoms with Crippen LogP contribution in [-0.2, 0) is 0 Å². The quantitative estimate of drug-likeness (QED) is 0.197. The van der Waals surface area contributed by atoms with E-state index in [-0.39, 0.29) is 0 Å². The Morgan fingerprint density at radius 1 is 0.386 bits per heavy atom. The van der Waals surface area contributed by atoms with Gasteiger partial charge in [-0.15, -0.1) is 0 Å². The van der Waals surface area contributed by atoms with Crippen LogP contribution in [0.1, 0.15) is 33.4 Å². The Morgan fingerprint density at radius 2 is 0.750 bits per heavy atom. The van der Waals surface area contributed by atoms with Gasteiger partial charge in [-0.05, 0) is 109 Å². The van der Waals surface area contributed by atoms with E-state index in [9.17, 15) is 0 Å². The molecular weight excluding hydrogens is 532 g/mol. The summed E-state index contributed by atoms with van der Waals surface area (Å²) >= 11 is 0. The third-order valence-corrected chi connectivity index (χ3v) is 9.33. The highest BCUT2D eigenvalue weighted by molar-refractivity contribution is 6.13. The van der Waals surface area contributed by atoms with Crippen molar-refractivity contribution in [2.24, 2.45) is 0 Å². The van der Waals surface area contributed by atoms with Gasteiger partial charge in [0, 0.05) is 21.9 Å². The Balaban J connectivity index is 1.66. The molecule has 2 heteroatoms. The zero-order chi connectivity index (χ0) is 30.5. The molecule has 2 aromatic heterocycles. The summed E-state index contributed by atoms with van der Waals surface area (Å²) in [6.45, 7) is 13.2. The van der Waals surface area contributed by atoms with E-state index in [1.54, 1.807) is 0 Å². The smallest absolute Gasteiger partial charge is 0.0978 e. The Kier molecular flexibility index (Phi) is 6.86. The van der Waals surface area contributed by atoms with E-state index in [0.29, 0.717) is 0 Å². The van der Waals surface area contributed by atoms with E-state index in [4.69, 9.17) is 9.97 Å². The second kappa shape index (κ2) is 10.9. The molecule has 0 aliphatic heterocycles. The van der Waals surface area contributed by atoms with Crippen LogP contribution in [0.3, 0.4) is 0 Å². The van der Waals surface area contributed by atoms with Crippen molar-refractivity contribution in [2.45, 2.75) is 41.5 Å². The third-order valence-electron chi connectivity index (χ3n) is 9.33. The predicted octanol–water partition coefficient (Wildman–Crippen LogP) is 11.3. The minimum absolute atomic E-state index is 0.932. The number of aromatic nitrogens is 2. The molecule has 2 heterocycles. The molecule has 5 aromatic carbocycles. The van der Waals surface area contributed by atoms with Crippen molar-refractivity contribution in [1.82, 2.24) is 9.97 Å². The van der Waals surface area contributed by atoms with Crippen LogP contribution in [0.4, 0.5) is 0 Å². The molecule has 214 valence electrons. The zero-order valence-corrected chi connectivity index (χ0v) is 26.3. The highest BCUT2D eigenvalue weighted by atomic mass is 14.8. The van der Waals surface area contributed by atoms with Crippen LogP contribution in [0.25, 0.3) is 66.6 Å². The van der Waals surface area contributed by atoms with Crippen LogP contribution >= 0.6 is 0 Å². The van der Waals surface area contributed by atoms with Crippen LogP contribution in [-0.4, -0.2) is 9.97 Å². The molecule has 0 amide bonds. The number of nitrogens with zero attached hydrogens (tertiary/aromatic N) is 2. The topological polar surface area (TPSA) is 25.8 Å². The van der Waals surface area contributed by atoms with E-state index in [0.717, 1.165) is 33.2 Å². The first-order valence-electron chi connectivity index (χ1n) is 15.4. The Bertz CT molecular complexity index is 2050. The lowest BCUT2D eigenvalue weighted by molar-refractivity contribution is 1.26. The second-order valence-corrected chi connectivity index (χ2v) is 12.1. The summed E-state index contributed by atoms with van der Waals surface area (Å²) in [5, 5.41) is 2.22. The Morgan fingerprint density at radius 3 is 1.14 bits per heavy atom. The van der Waals surface area contributed by atoms with Gasteiger partial charge in [-0.3, -0.25) is 0 Å². The van der Waals surface area contributed by atoms with Crippen LogP contribution in [0.15, 0.2) is 109 Å². The monoisotopic (exact) mass is 568 g/mol. The van der Waals surface area contributed by atoms with Gasteiger partial charge < -0.3 is 0 Å². The Hall–Kier alpha value is -5.08. The lowest BCUT2D eigenvalue weighted by Gasteiger charge is -2.18. The number of fused-ring (bicyclic) bond motifs is 3. The molecule has 7 rings (SSSR count). The molecule has 0 saturated carbocycles. The van der Waals surface area contributed by atoms with Crippen molar-refractivity contribution in [3.63, 3.8) is 0 Å². The van der Waals surface area contributed by atoms with Crippen molar-refractivity contribution in [2.75, 3.05) is 0 Å². The maximum absolute atomic E-state index is 5.49. The molecule has 7 aromatic rings. The highest BCUT2D eigenvalue weighted by Gasteiger charge is 2.20. The minimum Gasteiger partial charge on any atom is -0.245 e. The predicted molar refractivity (Wildman–Crippen MR) is 187 cm³/mol. The average molecular weight is 569 g/mol. The summed E-state index contributed by atoms with van der Waals surface area (Å²) < 4.78 is 0. The van der Waals surface area contributed by atoms with E-state index in [1.165, 1.54) is 66.8 Å². The van der Waals surface area contributed by atoms with E-state index in [1.807, 2.05) is 0 Å².